The molecule has 2 fully saturated rings. The SMILES string of the molecule is O=C1CC(NCCC2=CCCC2)C(=O)N1C1CCCC1. The van der Waals surface area contributed by atoms with E-state index in [0.29, 0.717) is 6.42 Å². The van der Waals surface area contributed by atoms with Gasteiger partial charge in [-0.1, -0.05) is 24.5 Å². The van der Waals surface area contributed by atoms with E-state index >= 15 is 0 Å². The molecule has 0 aromatic carbocycles. The average Bonchev–Trinajstić information content (AvgIpc) is 3.13. The second-order valence-corrected chi connectivity index (χ2v) is 6.26. The van der Waals surface area contributed by atoms with E-state index in [1.165, 1.54) is 24.8 Å². The molecule has 2 aliphatic carbocycles. The van der Waals surface area contributed by atoms with E-state index in [4.69, 9.17) is 0 Å². The summed E-state index contributed by atoms with van der Waals surface area (Å²) in [6.07, 6.45) is 11.6. The molecule has 4 heteroatoms. The highest BCUT2D eigenvalue weighted by Crippen LogP contribution is 2.28. The van der Waals surface area contributed by atoms with Crippen molar-refractivity contribution in [1.29, 1.82) is 0 Å². The van der Waals surface area contributed by atoms with Crippen LogP contribution >= 0.6 is 0 Å². The third kappa shape index (κ3) is 2.80. The molecule has 1 saturated carbocycles. The van der Waals surface area contributed by atoms with Gasteiger partial charge in [0.25, 0.3) is 0 Å². The predicted octanol–water partition coefficient (Wildman–Crippen LogP) is 2.15. The van der Waals surface area contributed by atoms with Crippen LogP contribution in [0.2, 0.25) is 0 Å². The minimum atomic E-state index is -0.273. The summed E-state index contributed by atoms with van der Waals surface area (Å²) in [5, 5.41) is 3.29. The summed E-state index contributed by atoms with van der Waals surface area (Å²) in [5.74, 6) is 0.0433. The molecule has 0 aromatic rings. The zero-order valence-electron chi connectivity index (χ0n) is 12.1. The van der Waals surface area contributed by atoms with Crippen molar-refractivity contribution in [3.05, 3.63) is 11.6 Å². The Morgan fingerprint density at radius 1 is 1.20 bits per heavy atom. The molecule has 1 heterocycles. The van der Waals surface area contributed by atoms with Gasteiger partial charge < -0.3 is 5.32 Å². The lowest BCUT2D eigenvalue weighted by Crippen LogP contribution is -2.43. The Hall–Kier alpha value is -1.16. The zero-order chi connectivity index (χ0) is 13.9. The smallest absolute Gasteiger partial charge is 0.247 e. The van der Waals surface area contributed by atoms with Gasteiger partial charge in [-0.15, -0.1) is 0 Å². The Morgan fingerprint density at radius 3 is 2.70 bits per heavy atom. The maximum Gasteiger partial charge on any atom is 0.247 e. The zero-order valence-corrected chi connectivity index (χ0v) is 12.1. The molecule has 4 nitrogen and oxygen atoms in total. The molecule has 2 amide bonds. The average molecular weight is 276 g/mol. The van der Waals surface area contributed by atoms with E-state index in [2.05, 4.69) is 11.4 Å². The molecule has 3 aliphatic rings. The summed E-state index contributed by atoms with van der Waals surface area (Å²) < 4.78 is 0. The first-order valence-corrected chi connectivity index (χ1v) is 8.03. The Labute approximate surface area is 120 Å². The topological polar surface area (TPSA) is 49.4 Å². The van der Waals surface area contributed by atoms with Crippen molar-refractivity contribution >= 4 is 11.8 Å². The van der Waals surface area contributed by atoms with E-state index in [0.717, 1.165) is 38.6 Å². The molecule has 0 aromatic heterocycles. The number of imide groups is 1. The third-order valence-corrected chi connectivity index (χ3v) is 4.84. The van der Waals surface area contributed by atoms with Gasteiger partial charge in [0.2, 0.25) is 11.8 Å². The summed E-state index contributed by atoms with van der Waals surface area (Å²) in [6.45, 7) is 0.814. The van der Waals surface area contributed by atoms with Crippen LogP contribution in [-0.2, 0) is 9.59 Å². The predicted molar refractivity (Wildman–Crippen MR) is 77.1 cm³/mol. The number of rotatable bonds is 5. The molecule has 1 unspecified atom stereocenters. The number of carbonyl (C=O) groups excluding carboxylic acids is 2. The van der Waals surface area contributed by atoms with Gasteiger partial charge in [-0.2, -0.15) is 0 Å². The first kappa shape index (κ1) is 13.8. The van der Waals surface area contributed by atoms with Crippen molar-refractivity contribution < 1.29 is 9.59 Å². The van der Waals surface area contributed by atoms with Crippen LogP contribution in [0.15, 0.2) is 11.6 Å². The number of hydrogen-bond acceptors (Lipinski definition) is 3. The number of allylic oxidation sites excluding steroid dienone is 1. The van der Waals surface area contributed by atoms with Crippen molar-refractivity contribution in [3.8, 4) is 0 Å². The molecule has 1 N–H and O–H groups in total. The number of nitrogens with one attached hydrogen (secondary N) is 1. The molecule has 1 aliphatic heterocycles. The number of carbonyl (C=O) groups is 2. The highest BCUT2D eigenvalue weighted by molar-refractivity contribution is 6.05. The highest BCUT2D eigenvalue weighted by atomic mass is 16.2. The van der Waals surface area contributed by atoms with Crippen LogP contribution in [0.25, 0.3) is 0 Å². The first-order valence-electron chi connectivity index (χ1n) is 8.03. The van der Waals surface area contributed by atoms with Gasteiger partial charge >= 0.3 is 0 Å². The lowest BCUT2D eigenvalue weighted by molar-refractivity contribution is -0.141. The van der Waals surface area contributed by atoms with E-state index in [9.17, 15) is 9.59 Å². The largest absolute Gasteiger partial charge is 0.305 e. The number of likely N-dealkylation sites (tertiary alicyclic amines) is 1. The summed E-state index contributed by atoms with van der Waals surface area (Å²) in [5.41, 5.74) is 1.50. The fraction of sp³-hybridized carbons (Fsp3) is 0.750. The molecular formula is C16H24N2O2. The molecule has 20 heavy (non-hydrogen) atoms. The quantitative estimate of drug-likeness (QED) is 0.618. The van der Waals surface area contributed by atoms with Gasteiger partial charge in [-0.3, -0.25) is 14.5 Å². The molecule has 1 saturated heterocycles. The standard InChI is InChI=1S/C16H24N2O2/c19-15-11-14(17-10-9-12-5-1-2-6-12)16(20)18(15)13-7-3-4-8-13/h5,13-14,17H,1-4,6-11H2. The summed E-state index contributed by atoms with van der Waals surface area (Å²) in [4.78, 5) is 26.0. The first-order chi connectivity index (χ1) is 9.75. The van der Waals surface area contributed by atoms with Gasteiger partial charge in [0.05, 0.1) is 12.5 Å². The van der Waals surface area contributed by atoms with Crippen molar-refractivity contribution in [1.82, 2.24) is 10.2 Å². The maximum absolute atomic E-state index is 12.4. The summed E-state index contributed by atoms with van der Waals surface area (Å²) in [7, 11) is 0. The van der Waals surface area contributed by atoms with Crippen LogP contribution in [0, 0.1) is 0 Å². The highest BCUT2D eigenvalue weighted by Gasteiger charge is 2.42. The Bertz CT molecular complexity index is 424. The Balaban J connectivity index is 1.50. The lowest BCUT2D eigenvalue weighted by Gasteiger charge is -2.22. The summed E-state index contributed by atoms with van der Waals surface area (Å²) in [6, 6.07) is -0.0931. The van der Waals surface area contributed by atoms with Crippen molar-refractivity contribution in [2.75, 3.05) is 6.54 Å². The van der Waals surface area contributed by atoms with E-state index in [1.54, 1.807) is 4.90 Å². The number of nitrogens with zero attached hydrogens (tertiary/aromatic N) is 1. The molecular weight excluding hydrogens is 252 g/mol. The van der Waals surface area contributed by atoms with Crippen molar-refractivity contribution in [2.45, 2.75) is 69.9 Å². The fourth-order valence-electron chi connectivity index (χ4n) is 3.73. The van der Waals surface area contributed by atoms with Crippen LogP contribution in [0.4, 0.5) is 0 Å². The molecule has 1 atom stereocenters. The second kappa shape index (κ2) is 6.08. The Morgan fingerprint density at radius 2 is 2.00 bits per heavy atom. The van der Waals surface area contributed by atoms with E-state index in [1.807, 2.05) is 0 Å². The maximum atomic E-state index is 12.4. The minimum Gasteiger partial charge on any atom is -0.305 e. The van der Waals surface area contributed by atoms with Gasteiger partial charge in [0.15, 0.2) is 0 Å². The van der Waals surface area contributed by atoms with Gasteiger partial charge in [0, 0.05) is 6.04 Å². The second-order valence-electron chi connectivity index (χ2n) is 6.26. The van der Waals surface area contributed by atoms with Crippen LogP contribution in [0.5, 0.6) is 0 Å². The van der Waals surface area contributed by atoms with Crippen LogP contribution in [0.1, 0.15) is 57.8 Å². The van der Waals surface area contributed by atoms with Gasteiger partial charge in [-0.05, 0) is 45.1 Å². The van der Waals surface area contributed by atoms with E-state index < -0.39 is 0 Å². The molecule has 0 spiro atoms. The van der Waals surface area contributed by atoms with Crippen molar-refractivity contribution in [3.63, 3.8) is 0 Å². The molecule has 0 radical (unpaired) electrons. The molecule has 0 bridgehead atoms. The minimum absolute atomic E-state index is 0.0160. The number of amides is 2. The van der Waals surface area contributed by atoms with Crippen LogP contribution < -0.4 is 5.32 Å². The normalized spacial score (nSPS) is 27.7. The lowest BCUT2D eigenvalue weighted by atomic mass is 10.1. The molecule has 110 valence electrons. The van der Waals surface area contributed by atoms with Gasteiger partial charge in [0.1, 0.15) is 0 Å². The Kier molecular flexibility index (Phi) is 4.20. The monoisotopic (exact) mass is 276 g/mol. The van der Waals surface area contributed by atoms with Crippen LogP contribution in [0.3, 0.4) is 0 Å². The number of hydrogen-bond donors (Lipinski definition) is 1. The van der Waals surface area contributed by atoms with E-state index in [-0.39, 0.29) is 23.9 Å². The molecule has 3 rings (SSSR count). The third-order valence-electron chi connectivity index (χ3n) is 4.84. The summed E-state index contributed by atoms with van der Waals surface area (Å²) >= 11 is 0. The van der Waals surface area contributed by atoms with Gasteiger partial charge in [-0.25, -0.2) is 0 Å². The van der Waals surface area contributed by atoms with Crippen LogP contribution in [-0.4, -0.2) is 35.3 Å². The van der Waals surface area contributed by atoms with Crippen molar-refractivity contribution in [2.24, 2.45) is 0 Å². The fourth-order valence-corrected chi connectivity index (χ4v) is 3.73.